The number of rotatable bonds is 19. The van der Waals surface area contributed by atoms with Gasteiger partial charge < -0.3 is 33.6 Å². The first kappa shape index (κ1) is 51.5. The molecule has 2 saturated heterocycles. The van der Waals surface area contributed by atoms with Gasteiger partial charge in [0.1, 0.15) is 13.2 Å². The number of carbonyl (C=O) groups is 3. The molecule has 3 aromatic carbocycles. The number of nitrogens with zero attached hydrogens (tertiary/aromatic N) is 4. The molecule has 0 bridgehead atoms. The van der Waals surface area contributed by atoms with Crippen molar-refractivity contribution in [1.82, 2.24) is 14.7 Å². The lowest BCUT2D eigenvalue weighted by Crippen LogP contribution is -2.72. The molecule has 354 valence electrons. The second kappa shape index (κ2) is 22.3. The normalized spacial score (nSPS) is 19.0. The van der Waals surface area contributed by atoms with E-state index < -0.39 is 55.2 Å². The van der Waals surface area contributed by atoms with Gasteiger partial charge in [0.2, 0.25) is 9.61 Å². The zero-order valence-electron chi connectivity index (χ0n) is 36.0. The van der Waals surface area contributed by atoms with Gasteiger partial charge in [0.15, 0.2) is 23.0 Å². The van der Waals surface area contributed by atoms with E-state index in [4.69, 9.17) is 60.6 Å². The summed E-state index contributed by atoms with van der Waals surface area (Å²) in [5.41, 5.74) is 1.99. The van der Waals surface area contributed by atoms with E-state index in [2.05, 4.69) is 14.5 Å². The van der Waals surface area contributed by atoms with E-state index in [0.29, 0.717) is 62.0 Å². The lowest BCUT2D eigenvalue weighted by atomic mass is 9.66. The number of carbonyl (C=O) groups excluding carboxylic acids is 3. The van der Waals surface area contributed by atoms with Gasteiger partial charge in [0.25, 0.3) is 17.5 Å². The van der Waals surface area contributed by atoms with Crippen LogP contribution in [0, 0.1) is 33.0 Å². The highest BCUT2D eigenvalue weighted by atomic mass is 35.6. The average Bonchev–Trinajstić information content (AvgIpc) is 3.68. The molecule has 2 fully saturated rings. The van der Waals surface area contributed by atoms with Crippen LogP contribution in [-0.4, -0.2) is 119 Å². The highest BCUT2D eigenvalue weighted by Crippen LogP contribution is 2.62. The zero-order chi connectivity index (χ0) is 47.7. The minimum absolute atomic E-state index is 0.0265. The Morgan fingerprint density at radius 2 is 1.66 bits per heavy atom. The third-order valence-corrected chi connectivity index (χ3v) is 13.2. The number of amides is 2. The van der Waals surface area contributed by atoms with Gasteiger partial charge in [-0.1, -0.05) is 88.9 Å². The predicted molar refractivity (Wildman–Crippen MR) is 237 cm³/mol. The first-order chi connectivity index (χ1) is 30.8. The van der Waals surface area contributed by atoms with Crippen LogP contribution in [0.1, 0.15) is 50.3 Å². The largest absolute Gasteiger partial charge is 0.488 e. The number of benzene rings is 3. The number of aryl methyl sites for hydroxylation is 1. The highest BCUT2D eigenvalue weighted by Gasteiger charge is 2.71. The molecule has 6 rings (SSSR count). The summed E-state index contributed by atoms with van der Waals surface area (Å²) in [6, 6.07) is 15.8. The number of allylic oxidation sites excluding steroid dienone is 1. The quantitative estimate of drug-likeness (QED) is 0.0284. The lowest BCUT2D eigenvalue weighted by molar-refractivity contribution is -0.758. The maximum Gasteiger partial charge on any atom is 0.411 e. The fraction of sp³-hybridized carbons (Fsp3) is 0.477. The van der Waals surface area contributed by atoms with E-state index >= 15 is 0 Å². The molecule has 0 radical (unpaired) electrons. The molecule has 3 unspecified atom stereocenters. The topological polar surface area (TPSA) is 150 Å². The van der Waals surface area contributed by atoms with E-state index in [9.17, 15) is 37.7 Å². The molecule has 3 atom stereocenters. The Labute approximate surface area is 394 Å². The van der Waals surface area contributed by atoms with Crippen LogP contribution < -0.4 is 4.74 Å². The highest BCUT2D eigenvalue weighted by molar-refractivity contribution is 6.68. The fourth-order valence-corrected chi connectivity index (χ4v) is 8.54. The van der Waals surface area contributed by atoms with Gasteiger partial charge in [-0.05, 0) is 87.5 Å². The standard InChI is InChI=1S/C39H40Cl4F3N3O4.C5H9NO6/c1-5-48(20-25-10-6-7-11-27(25)40)35(50)31-26(24-14-12-23(13-15-24)9-8-18-52-33-29(45)17-16-28(44)32(33)46)19-38-22-47(4)21-30(38)49(34(31)38)36(51)53-37(2,3)39(41,42)43;7-5-11-2-1-10-3-4-12-6(8)9/h6-7,10-17,30,34H,5,8-9,18-22H2,1-4H3;5H,1-4H2. The summed E-state index contributed by atoms with van der Waals surface area (Å²) in [7, 11) is 1.99. The number of hydrogen-bond donors (Lipinski definition) is 0. The van der Waals surface area contributed by atoms with E-state index in [1.807, 2.05) is 56.4 Å². The molecule has 0 N–H and O–H groups in total. The third kappa shape index (κ3) is 12.1. The number of alkyl halides is 3. The SMILES string of the molecule is CCN(Cc1ccccc1Cl)C(=O)C1=C(c2ccc(CCCOc3c(F)ccc(F)c3F)cc2)CC23CN(C)CC2N(C(=O)OC(C)(C)C(Cl)(Cl)Cl)C13.O=COCCOCCO[N+](=O)[O-]. The van der Waals surface area contributed by atoms with Crippen LogP contribution >= 0.6 is 46.4 Å². The van der Waals surface area contributed by atoms with Crippen molar-refractivity contribution in [3.8, 4) is 5.75 Å². The Bertz CT molecular complexity index is 2220. The molecular formula is C44H49Cl4F3N4O10. The predicted octanol–water partition coefficient (Wildman–Crippen LogP) is 8.63. The summed E-state index contributed by atoms with van der Waals surface area (Å²) in [5, 5.41) is 9.24. The van der Waals surface area contributed by atoms with Crippen molar-refractivity contribution in [2.75, 3.05) is 59.7 Å². The van der Waals surface area contributed by atoms with Gasteiger partial charge in [-0.25, -0.2) is 13.6 Å². The molecule has 0 saturated carbocycles. The minimum Gasteiger partial charge on any atom is -0.488 e. The van der Waals surface area contributed by atoms with Crippen molar-refractivity contribution in [2.24, 2.45) is 5.41 Å². The smallest absolute Gasteiger partial charge is 0.411 e. The van der Waals surface area contributed by atoms with E-state index in [1.54, 1.807) is 15.9 Å². The van der Waals surface area contributed by atoms with Gasteiger partial charge in [-0.2, -0.15) is 4.39 Å². The first-order valence-electron chi connectivity index (χ1n) is 20.5. The molecule has 2 aliphatic heterocycles. The lowest BCUT2D eigenvalue weighted by Gasteiger charge is -2.57. The monoisotopic (exact) mass is 990 g/mol. The van der Waals surface area contributed by atoms with Crippen molar-refractivity contribution in [2.45, 2.75) is 68.1 Å². The fourth-order valence-electron chi connectivity index (χ4n) is 8.23. The zero-order valence-corrected chi connectivity index (χ0v) is 39.0. The molecule has 3 aliphatic rings. The maximum atomic E-state index is 14.9. The molecule has 21 heteroatoms. The van der Waals surface area contributed by atoms with Gasteiger partial charge >= 0.3 is 6.09 Å². The van der Waals surface area contributed by atoms with Crippen molar-refractivity contribution >= 4 is 70.4 Å². The van der Waals surface area contributed by atoms with E-state index in [1.165, 1.54) is 13.8 Å². The Kier molecular flexibility index (Phi) is 17.7. The van der Waals surface area contributed by atoms with Gasteiger partial charge in [0, 0.05) is 42.2 Å². The van der Waals surface area contributed by atoms with Crippen LogP contribution in [0.4, 0.5) is 18.0 Å². The molecule has 3 aromatic rings. The van der Waals surface area contributed by atoms with Gasteiger partial charge in [-0.3, -0.25) is 14.5 Å². The molecule has 0 aromatic heterocycles. The minimum atomic E-state index is -1.90. The summed E-state index contributed by atoms with van der Waals surface area (Å²) < 4.78 is 59.8. The Morgan fingerprint density at radius 1 is 0.985 bits per heavy atom. The summed E-state index contributed by atoms with van der Waals surface area (Å²) in [5.74, 6) is -4.46. The Balaban J connectivity index is 0.000000580. The molecule has 1 spiro atoms. The van der Waals surface area contributed by atoms with Crippen LogP contribution in [0.25, 0.3) is 5.57 Å². The first-order valence-corrected chi connectivity index (χ1v) is 22.1. The molecule has 65 heavy (non-hydrogen) atoms. The molecular weight excluding hydrogens is 943 g/mol. The van der Waals surface area contributed by atoms with E-state index in [-0.39, 0.29) is 51.5 Å². The van der Waals surface area contributed by atoms with Crippen molar-refractivity contribution in [3.05, 3.63) is 116 Å². The second-order valence-electron chi connectivity index (χ2n) is 16.1. The van der Waals surface area contributed by atoms with E-state index in [0.717, 1.165) is 28.3 Å². The van der Waals surface area contributed by atoms with Crippen LogP contribution in [0.3, 0.4) is 0 Å². The molecule has 2 amide bonds. The maximum absolute atomic E-state index is 14.9. The number of hydrogen-bond acceptors (Lipinski definition) is 11. The summed E-state index contributed by atoms with van der Waals surface area (Å²) >= 11 is 25.1. The Morgan fingerprint density at radius 3 is 2.31 bits per heavy atom. The van der Waals surface area contributed by atoms with Crippen LogP contribution in [0.15, 0.2) is 66.2 Å². The van der Waals surface area contributed by atoms with Crippen LogP contribution in [0.2, 0.25) is 5.02 Å². The van der Waals surface area contributed by atoms with Crippen LogP contribution in [-0.2, 0) is 41.6 Å². The second-order valence-corrected chi connectivity index (χ2v) is 18.8. The number of likely N-dealkylation sites (tertiary alicyclic amines) is 2. The molecule has 1 aliphatic carbocycles. The van der Waals surface area contributed by atoms with Crippen molar-refractivity contribution < 1.29 is 56.4 Å². The Hall–Kier alpha value is -4.52. The third-order valence-electron chi connectivity index (χ3n) is 11.4. The average molecular weight is 993 g/mol. The summed E-state index contributed by atoms with van der Waals surface area (Å²) in [4.78, 5) is 57.6. The number of halogens is 7. The number of ether oxygens (including phenoxy) is 4. The van der Waals surface area contributed by atoms with Crippen molar-refractivity contribution in [3.63, 3.8) is 0 Å². The number of likely N-dealkylation sites (N-methyl/N-ethyl adjacent to an activating group) is 2. The van der Waals surface area contributed by atoms with Crippen LogP contribution in [0.5, 0.6) is 5.75 Å². The van der Waals surface area contributed by atoms with Gasteiger partial charge in [-0.15, -0.1) is 10.1 Å². The van der Waals surface area contributed by atoms with Crippen molar-refractivity contribution in [1.29, 1.82) is 0 Å². The molecule has 14 nitrogen and oxygen atoms in total. The van der Waals surface area contributed by atoms with Gasteiger partial charge in [0.05, 0.1) is 31.9 Å². The summed E-state index contributed by atoms with van der Waals surface area (Å²) in [6.45, 7) is 7.46. The molecule has 2 heterocycles. The summed E-state index contributed by atoms with van der Waals surface area (Å²) in [6.07, 6.45) is 0.810.